The third-order valence-electron chi connectivity index (χ3n) is 8.89. The van der Waals surface area contributed by atoms with Gasteiger partial charge in [0.25, 0.3) is 13.4 Å². The summed E-state index contributed by atoms with van der Waals surface area (Å²) in [6.45, 7) is 21.1. The van der Waals surface area contributed by atoms with E-state index >= 15 is 0 Å². The molecule has 1 unspecified atom stereocenters. The average Bonchev–Trinajstić information content (AvgIpc) is 3.30. The number of nitrogens with zero attached hydrogens (tertiary/aromatic N) is 1. The van der Waals surface area contributed by atoms with Crippen molar-refractivity contribution < 1.29 is 33.0 Å². The summed E-state index contributed by atoms with van der Waals surface area (Å²) in [5.74, 6) is -1.06. The first-order chi connectivity index (χ1) is 19.3. The van der Waals surface area contributed by atoms with Crippen molar-refractivity contribution in [1.29, 1.82) is 0 Å². The van der Waals surface area contributed by atoms with Crippen molar-refractivity contribution >= 4 is 27.0 Å². The topological polar surface area (TPSA) is 98.5 Å². The number of rotatable bonds is 10. The van der Waals surface area contributed by atoms with Gasteiger partial charge in [-0.3, -0.25) is 4.84 Å². The van der Waals surface area contributed by atoms with Gasteiger partial charge in [-0.2, -0.15) is 0 Å². The third kappa shape index (κ3) is 6.10. The monoisotopic (exact) mass is 617 g/mol. The van der Waals surface area contributed by atoms with Crippen LogP contribution in [0.15, 0.2) is 60.7 Å². The lowest BCUT2D eigenvalue weighted by Gasteiger charge is -2.45. The van der Waals surface area contributed by atoms with Crippen LogP contribution >= 0.6 is 0 Å². The summed E-state index contributed by atoms with van der Waals surface area (Å²) in [7, 11) is -5.20. The van der Waals surface area contributed by atoms with Crippen LogP contribution in [0.4, 0.5) is 0 Å². The van der Waals surface area contributed by atoms with E-state index in [4.69, 9.17) is 27.9 Å². The molecule has 2 aromatic carbocycles. The molecular formula is C31H47NO8Si2. The Morgan fingerprint density at radius 1 is 0.881 bits per heavy atom. The lowest BCUT2D eigenvalue weighted by molar-refractivity contribution is -0.784. The van der Waals surface area contributed by atoms with E-state index in [0.29, 0.717) is 0 Å². The molecule has 2 heterocycles. The molecule has 0 aromatic heterocycles. The van der Waals surface area contributed by atoms with Crippen LogP contribution in [0.25, 0.3) is 0 Å². The SMILES string of the molecule is CC1(C)O[C@H]2[C@@H](CO[Si](C)(C)C(C)(C)C)OC(O[N+](=O)[O-])[C@@]2(CO[Si](c2ccccc2)(c2ccccc2)C(C)(C)C)O1. The van der Waals surface area contributed by atoms with Gasteiger partial charge in [-0.25, -0.2) is 0 Å². The Kier molecular flexibility index (Phi) is 8.91. The fraction of sp³-hybridized carbons (Fsp3) is 0.613. The Morgan fingerprint density at radius 2 is 1.40 bits per heavy atom. The van der Waals surface area contributed by atoms with E-state index < -0.39 is 51.6 Å². The zero-order chi connectivity index (χ0) is 31.2. The lowest BCUT2D eigenvalue weighted by Crippen LogP contribution is -2.68. The number of hydrogen-bond acceptors (Lipinski definition) is 8. The third-order valence-corrected chi connectivity index (χ3v) is 18.4. The highest BCUT2D eigenvalue weighted by atomic mass is 28.4. The zero-order valence-corrected chi connectivity index (χ0v) is 28.6. The standard InChI is InChI=1S/C31H47NO8Si2/c1-28(2,3)41(9,10)35-21-25-26-31(40-30(7,8)38-26,27(37-25)39-32(33)34)22-36-42(29(4,5)6,23-17-13-11-14-18-23)24-19-15-12-16-20-24/h11-20,25-27H,21-22H2,1-10H3/t25-,26+,27?,31+/m1/s1. The van der Waals surface area contributed by atoms with Crippen molar-refractivity contribution in [1.82, 2.24) is 0 Å². The Labute approximate surface area is 252 Å². The Morgan fingerprint density at radius 3 is 1.86 bits per heavy atom. The van der Waals surface area contributed by atoms with Gasteiger partial charge in [0, 0.05) is 0 Å². The van der Waals surface area contributed by atoms with Crippen molar-refractivity contribution in [2.24, 2.45) is 0 Å². The van der Waals surface area contributed by atoms with Gasteiger partial charge < -0.3 is 23.1 Å². The molecule has 11 heteroatoms. The van der Waals surface area contributed by atoms with Crippen LogP contribution in [-0.2, 0) is 27.9 Å². The molecule has 2 aromatic rings. The summed E-state index contributed by atoms with van der Waals surface area (Å²) >= 11 is 0. The second-order valence-electron chi connectivity index (χ2n) is 14.4. The van der Waals surface area contributed by atoms with Gasteiger partial charge in [0.15, 0.2) is 19.7 Å². The predicted octanol–water partition coefficient (Wildman–Crippen LogP) is 5.41. The second kappa shape index (κ2) is 11.4. The van der Waals surface area contributed by atoms with E-state index in [0.717, 1.165) is 10.4 Å². The first-order valence-corrected chi connectivity index (χ1v) is 19.4. The quantitative estimate of drug-likeness (QED) is 0.198. The summed E-state index contributed by atoms with van der Waals surface area (Å²) in [4.78, 5) is 17.0. The van der Waals surface area contributed by atoms with Crippen LogP contribution in [0.5, 0.6) is 0 Å². The van der Waals surface area contributed by atoms with E-state index in [-0.39, 0.29) is 23.3 Å². The molecule has 2 fully saturated rings. The fourth-order valence-corrected chi connectivity index (χ4v) is 11.5. The zero-order valence-electron chi connectivity index (χ0n) is 26.6. The first-order valence-electron chi connectivity index (χ1n) is 14.6. The predicted molar refractivity (Wildman–Crippen MR) is 166 cm³/mol. The van der Waals surface area contributed by atoms with Crippen LogP contribution in [0, 0.1) is 10.1 Å². The number of hydrogen-bond donors (Lipinski definition) is 0. The van der Waals surface area contributed by atoms with E-state index in [1.807, 2.05) is 36.4 Å². The molecule has 232 valence electrons. The molecule has 2 aliphatic rings. The van der Waals surface area contributed by atoms with E-state index in [9.17, 15) is 10.1 Å². The van der Waals surface area contributed by atoms with Crippen molar-refractivity contribution in [2.75, 3.05) is 13.2 Å². The smallest absolute Gasteiger partial charge is 0.297 e. The van der Waals surface area contributed by atoms with Crippen LogP contribution in [0.1, 0.15) is 55.4 Å². The number of ether oxygens (including phenoxy) is 3. The maximum Gasteiger partial charge on any atom is 0.297 e. The molecule has 0 amide bonds. The fourth-order valence-electron chi connectivity index (χ4n) is 5.85. The Bertz CT molecular complexity index is 1190. The summed E-state index contributed by atoms with van der Waals surface area (Å²) in [5, 5.41) is 12.7. The van der Waals surface area contributed by atoms with E-state index in [1.165, 1.54) is 0 Å². The van der Waals surface area contributed by atoms with Crippen LogP contribution in [0.3, 0.4) is 0 Å². The molecule has 4 rings (SSSR count). The van der Waals surface area contributed by atoms with Gasteiger partial charge in [0.05, 0.1) is 13.2 Å². The van der Waals surface area contributed by atoms with Gasteiger partial charge >= 0.3 is 0 Å². The van der Waals surface area contributed by atoms with Crippen LogP contribution in [-0.4, -0.2) is 64.8 Å². The Hall–Kier alpha value is -2.13. The van der Waals surface area contributed by atoms with Crippen molar-refractivity contribution in [3.8, 4) is 0 Å². The highest BCUT2D eigenvalue weighted by Gasteiger charge is 2.69. The maximum atomic E-state index is 11.8. The van der Waals surface area contributed by atoms with Gasteiger partial charge in [0.1, 0.15) is 12.2 Å². The average molecular weight is 618 g/mol. The first kappa shape index (κ1) is 32.8. The highest BCUT2D eigenvalue weighted by molar-refractivity contribution is 6.99. The van der Waals surface area contributed by atoms with E-state index in [2.05, 4.69) is 78.9 Å². The van der Waals surface area contributed by atoms with Crippen molar-refractivity contribution in [3.63, 3.8) is 0 Å². The minimum atomic E-state index is -3.03. The number of fused-ring (bicyclic) bond motifs is 1. The summed E-state index contributed by atoms with van der Waals surface area (Å²) in [5.41, 5.74) is -1.41. The molecule has 2 saturated heterocycles. The minimum Gasteiger partial charge on any atom is -0.414 e. The molecule has 0 radical (unpaired) electrons. The van der Waals surface area contributed by atoms with Gasteiger partial charge in [-0.1, -0.05) is 102 Å². The van der Waals surface area contributed by atoms with E-state index in [1.54, 1.807) is 13.8 Å². The molecule has 2 aliphatic heterocycles. The molecule has 0 N–H and O–H groups in total. The molecule has 0 spiro atoms. The van der Waals surface area contributed by atoms with Crippen LogP contribution in [0.2, 0.25) is 23.2 Å². The highest BCUT2D eigenvalue weighted by Crippen LogP contribution is 2.49. The maximum absolute atomic E-state index is 11.8. The molecule has 0 bridgehead atoms. The van der Waals surface area contributed by atoms with Gasteiger partial charge in [-0.05, 0) is 47.4 Å². The Balaban J connectivity index is 1.78. The molecule has 9 nitrogen and oxygen atoms in total. The molecule has 0 saturated carbocycles. The van der Waals surface area contributed by atoms with Crippen LogP contribution < -0.4 is 10.4 Å². The second-order valence-corrected chi connectivity index (χ2v) is 23.5. The summed E-state index contributed by atoms with van der Waals surface area (Å²) in [6, 6.07) is 20.4. The van der Waals surface area contributed by atoms with Gasteiger partial charge in [0.2, 0.25) is 6.29 Å². The number of benzene rings is 2. The lowest BCUT2D eigenvalue weighted by atomic mass is 9.96. The normalized spacial score (nSPS) is 26.2. The molecule has 0 aliphatic carbocycles. The van der Waals surface area contributed by atoms with Crippen molar-refractivity contribution in [3.05, 3.63) is 70.8 Å². The minimum absolute atomic E-state index is 0.0296. The molecular weight excluding hydrogens is 571 g/mol. The largest absolute Gasteiger partial charge is 0.414 e. The summed E-state index contributed by atoms with van der Waals surface area (Å²) in [6.07, 6.45) is -2.75. The summed E-state index contributed by atoms with van der Waals surface area (Å²) < 4.78 is 33.0. The molecule has 4 atom stereocenters. The van der Waals surface area contributed by atoms with Crippen molar-refractivity contribution in [2.45, 2.75) is 108 Å². The molecule has 42 heavy (non-hydrogen) atoms. The van der Waals surface area contributed by atoms with Gasteiger partial charge in [-0.15, -0.1) is 10.1 Å².